The maximum absolute atomic E-state index is 14.2. The molecule has 0 saturated carbocycles. The molecule has 3 amide bonds. The molecule has 4 aromatic carbocycles. The van der Waals surface area contributed by atoms with Crippen LogP contribution in [0, 0.1) is 0 Å². The van der Waals surface area contributed by atoms with E-state index in [0.717, 1.165) is 98.3 Å². The molecule has 0 bridgehead atoms. The number of esters is 2. The van der Waals surface area contributed by atoms with Gasteiger partial charge in [0.2, 0.25) is 17.7 Å². The van der Waals surface area contributed by atoms with Crippen LogP contribution in [0.3, 0.4) is 0 Å². The zero-order valence-electron chi connectivity index (χ0n) is 59.5. The van der Waals surface area contributed by atoms with Gasteiger partial charge in [-0.25, -0.2) is 43.9 Å². The van der Waals surface area contributed by atoms with E-state index in [9.17, 15) is 28.8 Å². The highest BCUT2D eigenvalue weighted by Crippen LogP contribution is 2.32. The summed E-state index contributed by atoms with van der Waals surface area (Å²) in [5.41, 5.74) is 9.33. The van der Waals surface area contributed by atoms with E-state index in [0.29, 0.717) is 111 Å². The number of furan rings is 2. The average Bonchev–Trinajstić information content (AvgIpc) is 1.61. The number of likely N-dealkylation sites (N-methyl/N-ethyl adjacent to an activating group) is 2. The van der Waals surface area contributed by atoms with Gasteiger partial charge in [-0.3, -0.25) is 23.4 Å². The molecule has 0 atom stereocenters. The number of imidazole rings is 2. The molecule has 13 rings (SSSR count). The molecular formula is C78H88N12O16. The Balaban J connectivity index is 0.000000193. The molecule has 0 spiro atoms. The summed E-state index contributed by atoms with van der Waals surface area (Å²) < 4.78 is 52.2. The van der Waals surface area contributed by atoms with Crippen molar-refractivity contribution in [2.45, 2.75) is 38.5 Å². The van der Waals surface area contributed by atoms with Gasteiger partial charge in [0.15, 0.2) is 11.3 Å². The molecule has 9 heterocycles. The predicted octanol–water partition coefficient (Wildman–Crippen LogP) is 8.25. The third-order valence-electron chi connectivity index (χ3n) is 17.6. The first-order valence-electron chi connectivity index (χ1n) is 35.4. The first-order chi connectivity index (χ1) is 51.8. The molecule has 0 aliphatic carbocycles. The van der Waals surface area contributed by atoms with Gasteiger partial charge in [0, 0.05) is 122 Å². The van der Waals surface area contributed by atoms with E-state index in [1.54, 1.807) is 39.8 Å². The van der Waals surface area contributed by atoms with Gasteiger partial charge in [-0.2, -0.15) is 0 Å². The number of hydrogen-bond donors (Lipinski definition) is 2. The normalized spacial score (nSPS) is 14.0. The number of carbonyl (C=O) groups excluding carboxylic acids is 5. The van der Waals surface area contributed by atoms with Gasteiger partial charge in [-0.15, -0.1) is 0 Å². The van der Waals surface area contributed by atoms with Gasteiger partial charge >= 0.3 is 30.1 Å². The van der Waals surface area contributed by atoms with Crippen LogP contribution in [-0.2, 0) is 68.5 Å². The lowest BCUT2D eigenvalue weighted by Crippen LogP contribution is -2.43. The van der Waals surface area contributed by atoms with Crippen molar-refractivity contribution < 1.29 is 75.9 Å². The van der Waals surface area contributed by atoms with Gasteiger partial charge in [0.05, 0.1) is 74.6 Å². The molecule has 2 N–H and O–H groups in total. The largest absolute Gasteiger partial charge is 0.480 e. The summed E-state index contributed by atoms with van der Waals surface area (Å²) >= 11 is 0. The number of amides is 3. The Hall–Kier alpha value is -11.0. The second kappa shape index (κ2) is 39.2. The number of aromatic nitrogens is 6. The molecule has 106 heavy (non-hydrogen) atoms. The fraction of sp³-hybridized carbons (Fsp3) is 0.359. The number of aliphatic carboxylic acids is 1. The van der Waals surface area contributed by atoms with Crippen molar-refractivity contribution in [2.24, 2.45) is 0 Å². The fourth-order valence-electron chi connectivity index (χ4n) is 12.1. The highest BCUT2D eigenvalue weighted by molar-refractivity contribution is 5.88. The molecule has 556 valence electrons. The van der Waals surface area contributed by atoms with Crippen molar-refractivity contribution in [1.82, 2.24) is 58.6 Å². The highest BCUT2D eigenvalue weighted by atomic mass is 16.6. The van der Waals surface area contributed by atoms with E-state index in [2.05, 4.69) is 36.7 Å². The molecule has 3 fully saturated rings. The number of ether oxygens (including phenoxy) is 7. The summed E-state index contributed by atoms with van der Waals surface area (Å²) in [7, 11) is 3.47. The lowest BCUT2D eigenvalue weighted by atomic mass is 10.1. The fourth-order valence-corrected chi connectivity index (χ4v) is 12.1. The van der Waals surface area contributed by atoms with Gasteiger partial charge in [0.25, 0.3) is 0 Å². The molecule has 3 aliphatic rings. The maximum Gasteiger partial charge on any atom is 0.416 e. The Morgan fingerprint density at radius 2 is 0.953 bits per heavy atom. The van der Waals surface area contributed by atoms with Gasteiger partial charge in [-0.1, -0.05) is 121 Å². The number of carboxylic acids is 1. The number of nitrogens with zero attached hydrogens (tertiary/aromatic N) is 11. The van der Waals surface area contributed by atoms with E-state index >= 15 is 0 Å². The Labute approximate surface area is 613 Å². The monoisotopic (exact) mass is 1450 g/mol. The second-order valence-electron chi connectivity index (χ2n) is 25.3. The molecular weight excluding hydrogens is 1360 g/mol. The molecule has 0 radical (unpaired) electrons. The highest BCUT2D eigenvalue weighted by Gasteiger charge is 2.29. The minimum atomic E-state index is -1.16. The SMILES string of the molecule is CN(CCN(CCCN1CCOCC1)C(=O)Oc1c(Cc2ccco2)nc2c(Cc3ccccc3)nc(-c3ccccc3)cn12)C(=O)COCC(=O)O.CNCCN(CCCN1CCOCC1)C(=O)Oc1c(Cc2ccco2)nc2c(Cc3ccccc3)nc(-c3ccccc3)cn12.O=C1COCC(=O)O1. The number of nitrogens with one attached hydrogen (secondary N) is 1. The summed E-state index contributed by atoms with van der Waals surface area (Å²) in [6, 6.07) is 47.4. The van der Waals surface area contributed by atoms with Crippen LogP contribution in [0.4, 0.5) is 9.59 Å². The number of hydrogen-bond acceptors (Lipinski definition) is 22. The quantitative estimate of drug-likeness (QED) is 0.0316. The molecule has 3 saturated heterocycles. The number of fused-ring (bicyclic) bond motifs is 2. The topological polar surface area (TPSA) is 302 Å². The van der Waals surface area contributed by atoms with Gasteiger partial charge < -0.3 is 67.1 Å². The first kappa shape index (κ1) is 76.2. The van der Waals surface area contributed by atoms with E-state index in [1.165, 1.54) is 4.90 Å². The van der Waals surface area contributed by atoms with E-state index < -0.39 is 42.6 Å². The lowest BCUT2D eigenvalue weighted by molar-refractivity contribution is -0.174. The summed E-state index contributed by atoms with van der Waals surface area (Å²) in [4.78, 5) is 101. The first-order valence-corrected chi connectivity index (χ1v) is 35.4. The number of morpholine rings is 2. The number of carboxylic acid groups (broad SMARTS) is 1. The zero-order valence-corrected chi connectivity index (χ0v) is 59.5. The Kier molecular flexibility index (Phi) is 28.2. The van der Waals surface area contributed by atoms with Crippen LogP contribution in [0.1, 0.15) is 58.3 Å². The van der Waals surface area contributed by atoms with E-state index in [-0.39, 0.29) is 45.2 Å². The van der Waals surface area contributed by atoms with Crippen LogP contribution in [0.5, 0.6) is 11.8 Å². The zero-order chi connectivity index (χ0) is 73.8. The third kappa shape index (κ3) is 22.3. The number of carbonyl (C=O) groups is 6. The maximum atomic E-state index is 14.2. The van der Waals surface area contributed by atoms with Crippen LogP contribution in [0.25, 0.3) is 33.8 Å². The Morgan fingerprint density at radius 1 is 0.509 bits per heavy atom. The van der Waals surface area contributed by atoms with Crippen molar-refractivity contribution >= 4 is 47.3 Å². The molecule has 28 heteroatoms. The molecule has 0 unspecified atom stereocenters. The summed E-state index contributed by atoms with van der Waals surface area (Å²) in [6.45, 7) is 9.30. The third-order valence-corrected chi connectivity index (χ3v) is 17.6. The number of rotatable bonds is 30. The van der Waals surface area contributed by atoms with Crippen molar-refractivity contribution in [3.05, 3.63) is 216 Å². The predicted molar refractivity (Wildman–Crippen MR) is 389 cm³/mol. The van der Waals surface area contributed by atoms with E-state index in [4.69, 9.17) is 57.6 Å². The standard InChI is InChI=1S/C39H44N6O8.C35H40N6O4.C4H4O4/c1-42(35(46)27-51-28-36(47)48)17-18-44(16-9-15-43-19-22-50-23-20-43)39(49)53-38-33(25-31-14-8-21-52-31)41-37-32(24-29-10-4-2-5-11-29)40-34(26-45(37)38)30-12-6-3-7-13-30;1-36-15-18-40(17-9-16-39-19-22-43-23-20-39)35(42)45-34-31(25-29-14-8-21-44-29)38-33-30(24-27-10-4-2-5-11-27)37-32(26-41(33)34)28-12-6-3-7-13-28;5-3-1-7-2-4(6)8-3/h2-8,10-14,21,26H,9,15-20,22-25,27-28H2,1H3,(H,47,48);2-8,10-14,21,26,36H,9,15-20,22-25H2,1H3;1-2H2. The van der Waals surface area contributed by atoms with Crippen LogP contribution < -0.4 is 14.8 Å². The summed E-state index contributed by atoms with van der Waals surface area (Å²) in [5.74, 6) is -0.770. The van der Waals surface area contributed by atoms with Gasteiger partial charge in [-0.05, 0) is 55.3 Å². The smallest absolute Gasteiger partial charge is 0.416 e. The number of benzene rings is 4. The molecule has 6 aromatic heterocycles. The van der Waals surface area contributed by atoms with Gasteiger partial charge in [0.1, 0.15) is 49.3 Å². The van der Waals surface area contributed by atoms with Crippen LogP contribution in [0.2, 0.25) is 0 Å². The summed E-state index contributed by atoms with van der Waals surface area (Å²) in [6.07, 6.45) is 9.21. The molecule has 10 aromatic rings. The van der Waals surface area contributed by atoms with Crippen molar-refractivity contribution in [3.8, 4) is 34.3 Å². The Bertz CT molecular complexity index is 4420. The molecule has 3 aliphatic heterocycles. The lowest BCUT2D eigenvalue weighted by Gasteiger charge is -2.29. The van der Waals surface area contributed by atoms with Crippen molar-refractivity contribution in [2.75, 3.05) is 145 Å². The Morgan fingerprint density at radius 3 is 1.36 bits per heavy atom. The van der Waals surface area contributed by atoms with Crippen LogP contribution in [0.15, 0.2) is 179 Å². The van der Waals surface area contributed by atoms with Crippen LogP contribution >= 0.6 is 0 Å². The van der Waals surface area contributed by atoms with Crippen LogP contribution in [-0.4, -0.2) is 240 Å². The minimum absolute atomic E-state index is 0.105. The van der Waals surface area contributed by atoms with E-state index in [1.807, 2.05) is 151 Å². The van der Waals surface area contributed by atoms with Crippen molar-refractivity contribution in [3.63, 3.8) is 0 Å². The average molecular weight is 1450 g/mol. The molecule has 28 nitrogen and oxygen atoms in total. The minimum Gasteiger partial charge on any atom is -0.480 e. The van der Waals surface area contributed by atoms with Crippen molar-refractivity contribution in [1.29, 1.82) is 0 Å². The number of cyclic esters (lactones) is 2. The summed E-state index contributed by atoms with van der Waals surface area (Å²) in [5, 5.41) is 12.0. The second-order valence-corrected chi connectivity index (χ2v) is 25.3.